The van der Waals surface area contributed by atoms with Crippen LogP contribution in [-0.2, 0) is 13.6 Å². The lowest BCUT2D eigenvalue weighted by molar-refractivity contribution is 0.331. The predicted molar refractivity (Wildman–Crippen MR) is 115 cm³/mol. The van der Waals surface area contributed by atoms with E-state index in [4.69, 9.17) is 0 Å². The van der Waals surface area contributed by atoms with E-state index in [9.17, 15) is 9.59 Å². The number of anilines is 1. The van der Waals surface area contributed by atoms with Crippen LogP contribution in [0.3, 0.4) is 0 Å². The highest BCUT2D eigenvalue weighted by Crippen LogP contribution is 2.23. The molecule has 1 aliphatic rings. The van der Waals surface area contributed by atoms with Gasteiger partial charge in [-0.05, 0) is 37.0 Å². The van der Waals surface area contributed by atoms with Gasteiger partial charge in [-0.25, -0.2) is 14.3 Å². The molecule has 0 radical (unpaired) electrons. The lowest BCUT2D eigenvalue weighted by atomic mass is 9.97. The molecule has 1 fully saturated rings. The van der Waals surface area contributed by atoms with Gasteiger partial charge in [-0.2, -0.15) is 5.10 Å². The third kappa shape index (κ3) is 3.60. The fourth-order valence-corrected chi connectivity index (χ4v) is 4.05. The molecule has 4 aromatic heterocycles. The molecule has 0 aromatic carbocycles. The quantitative estimate of drug-likeness (QED) is 0.487. The van der Waals surface area contributed by atoms with Crippen LogP contribution in [0.15, 0.2) is 58.6 Å². The molecule has 1 saturated heterocycles. The van der Waals surface area contributed by atoms with Crippen LogP contribution in [0.25, 0.3) is 16.7 Å². The summed E-state index contributed by atoms with van der Waals surface area (Å²) in [7, 11) is 1.75. The van der Waals surface area contributed by atoms with Gasteiger partial charge < -0.3 is 4.90 Å². The van der Waals surface area contributed by atoms with Crippen LogP contribution in [0.5, 0.6) is 0 Å². The van der Waals surface area contributed by atoms with Crippen LogP contribution in [0.1, 0.15) is 12.8 Å². The van der Waals surface area contributed by atoms with Gasteiger partial charge >= 0.3 is 0 Å². The minimum absolute atomic E-state index is 0.0734. The summed E-state index contributed by atoms with van der Waals surface area (Å²) in [5, 5.41) is 9.22. The van der Waals surface area contributed by atoms with Gasteiger partial charge in [-0.1, -0.05) is 0 Å². The summed E-state index contributed by atoms with van der Waals surface area (Å²) in [5.41, 5.74) is 0.411. The molecule has 0 unspecified atom stereocenters. The van der Waals surface area contributed by atoms with E-state index in [2.05, 4.69) is 25.1 Å². The number of hydrogen-bond donors (Lipinski definition) is 0. The lowest BCUT2D eigenvalue weighted by Crippen LogP contribution is -2.40. The van der Waals surface area contributed by atoms with Crippen LogP contribution in [0.4, 0.5) is 5.95 Å². The standard InChI is InChI=1S/C21H22N8O2/c1-26-20(31)16-5-9-22-13-17(16)24-21(26)27-11-6-15(7-12-27)14-29-19(30)4-3-18(25-29)28-10-2-8-23-28/h2-5,8-10,13,15H,6-7,11-12,14H2,1H3. The molecule has 31 heavy (non-hydrogen) atoms. The first kappa shape index (κ1) is 19.2. The highest BCUT2D eigenvalue weighted by molar-refractivity contribution is 5.77. The van der Waals surface area contributed by atoms with Gasteiger partial charge in [0.1, 0.15) is 0 Å². The Bertz CT molecular complexity index is 1330. The van der Waals surface area contributed by atoms with Crippen LogP contribution in [0, 0.1) is 5.92 Å². The molecule has 10 heteroatoms. The van der Waals surface area contributed by atoms with Crippen molar-refractivity contribution in [2.45, 2.75) is 19.4 Å². The number of piperidine rings is 1. The Morgan fingerprint density at radius 1 is 1.10 bits per heavy atom. The summed E-state index contributed by atoms with van der Waals surface area (Å²) in [4.78, 5) is 35.9. The van der Waals surface area contributed by atoms with Crippen molar-refractivity contribution in [3.8, 4) is 5.82 Å². The second-order valence-electron chi connectivity index (χ2n) is 7.76. The zero-order valence-corrected chi connectivity index (χ0v) is 17.1. The van der Waals surface area contributed by atoms with E-state index in [0.717, 1.165) is 25.9 Å². The number of hydrogen-bond acceptors (Lipinski definition) is 7. The van der Waals surface area contributed by atoms with E-state index in [1.54, 1.807) is 53.2 Å². The van der Waals surface area contributed by atoms with Crippen LogP contribution in [0.2, 0.25) is 0 Å². The normalized spacial score (nSPS) is 14.9. The van der Waals surface area contributed by atoms with Gasteiger partial charge in [-0.15, -0.1) is 5.10 Å². The fourth-order valence-electron chi connectivity index (χ4n) is 4.05. The topological polar surface area (TPSA) is 104 Å². The molecule has 0 aliphatic carbocycles. The Morgan fingerprint density at radius 3 is 2.71 bits per heavy atom. The zero-order chi connectivity index (χ0) is 21.4. The molecule has 0 bridgehead atoms. The Kier molecular flexibility index (Phi) is 4.81. The van der Waals surface area contributed by atoms with E-state index in [1.165, 1.54) is 10.7 Å². The SMILES string of the molecule is Cn1c(N2CCC(Cn3nc(-n4cccn4)ccc3=O)CC2)nc2cnccc2c1=O. The maximum Gasteiger partial charge on any atom is 0.266 e. The van der Waals surface area contributed by atoms with Gasteiger partial charge in [-0.3, -0.25) is 19.1 Å². The maximum absolute atomic E-state index is 12.7. The largest absolute Gasteiger partial charge is 0.342 e. The molecule has 158 valence electrons. The third-order valence-corrected chi connectivity index (χ3v) is 5.78. The minimum atomic E-state index is -0.121. The van der Waals surface area contributed by atoms with Gasteiger partial charge in [0.05, 0.1) is 17.1 Å². The predicted octanol–water partition coefficient (Wildman–Crippen LogP) is 0.987. The second-order valence-corrected chi connectivity index (χ2v) is 7.76. The first-order valence-corrected chi connectivity index (χ1v) is 10.2. The van der Waals surface area contributed by atoms with E-state index in [1.807, 2.05) is 6.07 Å². The molecular weight excluding hydrogens is 396 g/mol. The van der Waals surface area contributed by atoms with Crippen molar-refractivity contribution >= 4 is 16.9 Å². The fraction of sp³-hybridized carbons (Fsp3) is 0.333. The van der Waals surface area contributed by atoms with Crippen molar-refractivity contribution in [3.05, 3.63) is 69.8 Å². The monoisotopic (exact) mass is 418 g/mol. The van der Waals surface area contributed by atoms with Gasteiger partial charge in [0.15, 0.2) is 5.82 Å². The van der Waals surface area contributed by atoms with Crippen molar-refractivity contribution < 1.29 is 0 Å². The number of rotatable bonds is 4. The Morgan fingerprint density at radius 2 is 1.94 bits per heavy atom. The van der Waals surface area contributed by atoms with Crippen molar-refractivity contribution in [1.82, 2.24) is 34.1 Å². The molecule has 5 rings (SSSR count). The molecule has 4 aromatic rings. The molecule has 1 aliphatic heterocycles. The molecule has 0 atom stereocenters. The number of fused-ring (bicyclic) bond motifs is 1. The van der Waals surface area contributed by atoms with Crippen molar-refractivity contribution in [3.63, 3.8) is 0 Å². The molecule has 0 spiro atoms. The van der Waals surface area contributed by atoms with Crippen LogP contribution in [-0.4, -0.2) is 47.2 Å². The first-order chi connectivity index (χ1) is 15.1. The van der Waals surface area contributed by atoms with Gasteiger partial charge in [0.25, 0.3) is 11.1 Å². The average molecular weight is 418 g/mol. The summed E-state index contributed by atoms with van der Waals surface area (Å²) in [6.07, 6.45) is 8.46. The summed E-state index contributed by atoms with van der Waals surface area (Å²) in [6, 6.07) is 6.72. The number of nitrogens with zero attached hydrogens (tertiary/aromatic N) is 8. The van der Waals surface area contributed by atoms with Crippen molar-refractivity contribution in [1.29, 1.82) is 0 Å². The molecule has 0 saturated carbocycles. The van der Waals surface area contributed by atoms with Crippen molar-refractivity contribution in [2.75, 3.05) is 18.0 Å². The Balaban J connectivity index is 1.32. The summed E-state index contributed by atoms with van der Waals surface area (Å²) in [6.45, 7) is 2.06. The minimum Gasteiger partial charge on any atom is -0.342 e. The lowest BCUT2D eigenvalue weighted by Gasteiger charge is -2.33. The molecule has 10 nitrogen and oxygen atoms in total. The second kappa shape index (κ2) is 7.78. The summed E-state index contributed by atoms with van der Waals surface area (Å²) >= 11 is 0. The maximum atomic E-state index is 12.7. The van der Waals surface area contributed by atoms with Crippen LogP contribution < -0.4 is 16.0 Å². The third-order valence-electron chi connectivity index (χ3n) is 5.78. The van der Waals surface area contributed by atoms with Gasteiger partial charge in [0, 0.05) is 51.3 Å². The Labute approximate surface area is 177 Å². The average Bonchev–Trinajstić information content (AvgIpc) is 3.33. The Hall–Kier alpha value is -3.82. The highest BCUT2D eigenvalue weighted by atomic mass is 16.1. The molecule has 0 amide bonds. The molecule has 0 N–H and O–H groups in total. The van der Waals surface area contributed by atoms with E-state index < -0.39 is 0 Å². The van der Waals surface area contributed by atoms with E-state index in [-0.39, 0.29) is 11.1 Å². The zero-order valence-electron chi connectivity index (χ0n) is 17.1. The van der Waals surface area contributed by atoms with Crippen LogP contribution >= 0.6 is 0 Å². The van der Waals surface area contributed by atoms with Gasteiger partial charge in [0.2, 0.25) is 5.95 Å². The highest BCUT2D eigenvalue weighted by Gasteiger charge is 2.23. The van der Waals surface area contributed by atoms with E-state index >= 15 is 0 Å². The van der Waals surface area contributed by atoms with Crippen molar-refractivity contribution in [2.24, 2.45) is 13.0 Å². The smallest absolute Gasteiger partial charge is 0.266 e. The summed E-state index contributed by atoms with van der Waals surface area (Å²) in [5.74, 6) is 1.58. The summed E-state index contributed by atoms with van der Waals surface area (Å²) < 4.78 is 4.76. The molecular formula is C21H22N8O2. The molecule has 5 heterocycles. The number of pyridine rings is 1. The number of aromatic nitrogens is 7. The first-order valence-electron chi connectivity index (χ1n) is 10.2. The van der Waals surface area contributed by atoms with E-state index in [0.29, 0.717) is 35.1 Å².